The number of nitrogens with one attached hydrogen (secondary N) is 2. The highest BCUT2D eigenvalue weighted by Crippen LogP contribution is 2.28. The van der Waals surface area contributed by atoms with E-state index in [1.165, 1.54) is 0 Å². The van der Waals surface area contributed by atoms with Crippen molar-refractivity contribution < 1.29 is 19.1 Å². The number of hydrogen-bond donors (Lipinski definition) is 3. The number of carbonyl (C=O) groups excluding carboxylic acids is 3. The van der Waals surface area contributed by atoms with Crippen LogP contribution < -0.4 is 16.4 Å². The van der Waals surface area contributed by atoms with E-state index in [2.05, 4.69) is 10.6 Å². The van der Waals surface area contributed by atoms with Crippen LogP contribution in [0.15, 0.2) is 18.2 Å². The average Bonchev–Trinajstić information content (AvgIpc) is 3.19. The van der Waals surface area contributed by atoms with Gasteiger partial charge in [-0.2, -0.15) is 0 Å². The van der Waals surface area contributed by atoms with Crippen LogP contribution in [-0.4, -0.2) is 54.5 Å². The number of rotatable bonds is 5. The Bertz CT molecular complexity index is 781. The molecule has 2 saturated heterocycles. The van der Waals surface area contributed by atoms with Crippen molar-refractivity contribution in [2.45, 2.75) is 38.0 Å². The quantitative estimate of drug-likeness (QED) is 0.601. The van der Waals surface area contributed by atoms with Crippen LogP contribution >= 0.6 is 0 Å². The minimum Gasteiger partial charge on any atom is -0.379 e. The maximum atomic E-state index is 12.8. The third-order valence-electron chi connectivity index (χ3n) is 5.58. The van der Waals surface area contributed by atoms with Crippen LogP contribution in [0.25, 0.3) is 0 Å². The van der Waals surface area contributed by atoms with Crippen molar-refractivity contribution in [3.05, 3.63) is 34.9 Å². The molecule has 0 spiro atoms. The summed E-state index contributed by atoms with van der Waals surface area (Å²) < 4.78 is 5.36. The van der Waals surface area contributed by atoms with Gasteiger partial charge in [0.2, 0.25) is 11.8 Å². The van der Waals surface area contributed by atoms with Crippen LogP contribution in [0, 0.1) is 5.92 Å². The fourth-order valence-corrected chi connectivity index (χ4v) is 3.94. The van der Waals surface area contributed by atoms with E-state index in [4.69, 9.17) is 10.5 Å². The Labute approximate surface area is 157 Å². The first-order valence-electron chi connectivity index (χ1n) is 9.33. The van der Waals surface area contributed by atoms with E-state index in [0.717, 1.165) is 17.7 Å². The molecule has 1 aromatic rings. The number of piperidine rings is 1. The normalized spacial score (nSPS) is 27.8. The maximum absolute atomic E-state index is 12.8. The first-order chi connectivity index (χ1) is 13.0. The standard InChI is InChI=1S/C19H24N4O4/c20-15-10-27-9-13(15)7-21-6-11-1-2-12-8-23(19(26)14(12)5-11)16-3-4-17(24)22-18(16)25/h1-2,5,13,15-16,21H,3-4,6-10,20H2,(H,22,24,25)/t13-,15+,16?/m0/s1. The van der Waals surface area contributed by atoms with E-state index in [1.54, 1.807) is 4.90 Å². The molecule has 3 amide bonds. The first kappa shape index (κ1) is 18.1. The molecule has 3 aliphatic rings. The Morgan fingerprint density at radius 1 is 1.26 bits per heavy atom. The van der Waals surface area contributed by atoms with E-state index in [9.17, 15) is 14.4 Å². The SMILES string of the molecule is N[C@@H]1COC[C@@H]1CNCc1ccc2c(c1)C(=O)N(C1CCC(=O)NC1=O)C2. The number of imide groups is 1. The second kappa shape index (κ2) is 7.38. The van der Waals surface area contributed by atoms with Crippen molar-refractivity contribution in [3.8, 4) is 0 Å². The molecule has 4 rings (SSSR count). The van der Waals surface area contributed by atoms with Crippen molar-refractivity contribution >= 4 is 17.7 Å². The zero-order valence-corrected chi connectivity index (χ0v) is 15.1. The molecule has 3 aliphatic heterocycles. The Hall–Kier alpha value is -2.29. The van der Waals surface area contributed by atoms with Gasteiger partial charge in [0.1, 0.15) is 6.04 Å². The molecule has 3 atom stereocenters. The monoisotopic (exact) mass is 372 g/mol. The third kappa shape index (κ3) is 3.60. The van der Waals surface area contributed by atoms with Gasteiger partial charge in [-0.05, 0) is 23.6 Å². The predicted molar refractivity (Wildman–Crippen MR) is 96.5 cm³/mol. The molecule has 0 aromatic heterocycles. The highest BCUT2D eigenvalue weighted by Gasteiger charge is 2.39. The molecule has 1 unspecified atom stereocenters. The Morgan fingerprint density at radius 2 is 2.11 bits per heavy atom. The summed E-state index contributed by atoms with van der Waals surface area (Å²) >= 11 is 0. The Morgan fingerprint density at radius 3 is 2.85 bits per heavy atom. The number of amides is 3. The highest BCUT2D eigenvalue weighted by molar-refractivity contribution is 6.05. The van der Waals surface area contributed by atoms with Crippen LogP contribution in [0.1, 0.15) is 34.3 Å². The molecule has 0 bridgehead atoms. The number of hydrogen-bond acceptors (Lipinski definition) is 6. The van der Waals surface area contributed by atoms with E-state index < -0.39 is 6.04 Å². The van der Waals surface area contributed by atoms with Crippen LogP contribution in [0.2, 0.25) is 0 Å². The van der Waals surface area contributed by atoms with Gasteiger partial charge in [0.15, 0.2) is 0 Å². The Kier molecular flexibility index (Phi) is 4.94. The van der Waals surface area contributed by atoms with Crippen LogP contribution in [0.5, 0.6) is 0 Å². The molecule has 0 radical (unpaired) electrons. The van der Waals surface area contributed by atoms with Crippen molar-refractivity contribution in [2.24, 2.45) is 11.7 Å². The summed E-state index contributed by atoms with van der Waals surface area (Å²) in [5.74, 6) is -0.498. The summed E-state index contributed by atoms with van der Waals surface area (Å²) in [7, 11) is 0. The van der Waals surface area contributed by atoms with Crippen molar-refractivity contribution in [1.29, 1.82) is 0 Å². The molecule has 8 nitrogen and oxygen atoms in total. The number of fused-ring (bicyclic) bond motifs is 1. The maximum Gasteiger partial charge on any atom is 0.255 e. The molecular weight excluding hydrogens is 348 g/mol. The summed E-state index contributed by atoms with van der Waals surface area (Å²) in [5.41, 5.74) is 8.56. The molecule has 4 N–H and O–H groups in total. The molecule has 2 fully saturated rings. The molecular formula is C19H24N4O4. The summed E-state index contributed by atoms with van der Waals surface area (Å²) in [6.07, 6.45) is 0.640. The van der Waals surface area contributed by atoms with Gasteiger partial charge in [0.25, 0.3) is 5.91 Å². The molecule has 8 heteroatoms. The summed E-state index contributed by atoms with van der Waals surface area (Å²) in [6.45, 7) is 3.10. The number of carbonyl (C=O) groups is 3. The minimum atomic E-state index is -0.576. The van der Waals surface area contributed by atoms with Crippen molar-refractivity contribution in [1.82, 2.24) is 15.5 Å². The fraction of sp³-hybridized carbons (Fsp3) is 0.526. The van der Waals surface area contributed by atoms with E-state index in [-0.39, 0.29) is 30.2 Å². The largest absolute Gasteiger partial charge is 0.379 e. The third-order valence-corrected chi connectivity index (χ3v) is 5.58. The first-order valence-corrected chi connectivity index (χ1v) is 9.33. The van der Waals surface area contributed by atoms with Gasteiger partial charge in [0.05, 0.1) is 13.2 Å². The number of ether oxygens (including phenoxy) is 1. The van der Waals surface area contributed by atoms with Crippen molar-refractivity contribution in [2.75, 3.05) is 19.8 Å². The molecule has 1 aromatic carbocycles. The lowest BCUT2D eigenvalue weighted by Crippen LogP contribution is -2.52. The number of nitrogens with two attached hydrogens (primary N) is 1. The lowest BCUT2D eigenvalue weighted by atomic mass is 10.0. The molecule has 27 heavy (non-hydrogen) atoms. The van der Waals surface area contributed by atoms with Gasteiger partial charge in [0, 0.05) is 43.6 Å². The van der Waals surface area contributed by atoms with Gasteiger partial charge < -0.3 is 20.7 Å². The lowest BCUT2D eigenvalue weighted by molar-refractivity contribution is -0.136. The lowest BCUT2D eigenvalue weighted by Gasteiger charge is -2.29. The smallest absolute Gasteiger partial charge is 0.255 e. The number of nitrogens with zero attached hydrogens (tertiary/aromatic N) is 1. The predicted octanol–water partition coefficient (Wildman–Crippen LogP) is -0.489. The molecule has 0 saturated carbocycles. The zero-order chi connectivity index (χ0) is 19.0. The Balaban J connectivity index is 1.39. The van der Waals surface area contributed by atoms with Gasteiger partial charge in [-0.3, -0.25) is 19.7 Å². The van der Waals surface area contributed by atoms with Crippen molar-refractivity contribution in [3.63, 3.8) is 0 Å². The van der Waals surface area contributed by atoms with E-state index in [1.807, 2.05) is 18.2 Å². The molecule has 0 aliphatic carbocycles. The average molecular weight is 372 g/mol. The van der Waals surface area contributed by atoms with E-state index in [0.29, 0.717) is 44.2 Å². The summed E-state index contributed by atoms with van der Waals surface area (Å²) in [4.78, 5) is 37.8. The van der Waals surface area contributed by atoms with Gasteiger partial charge in [-0.1, -0.05) is 12.1 Å². The minimum absolute atomic E-state index is 0.0705. The van der Waals surface area contributed by atoms with Crippen LogP contribution in [0.3, 0.4) is 0 Å². The van der Waals surface area contributed by atoms with Gasteiger partial charge >= 0.3 is 0 Å². The van der Waals surface area contributed by atoms with Crippen LogP contribution in [-0.2, 0) is 27.4 Å². The molecule has 144 valence electrons. The summed E-state index contributed by atoms with van der Waals surface area (Å²) in [5, 5.41) is 5.70. The zero-order valence-electron chi connectivity index (χ0n) is 15.1. The van der Waals surface area contributed by atoms with Crippen LogP contribution in [0.4, 0.5) is 0 Å². The van der Waals surface area contributed by atoms with Gasteiger partial charge in [-0.15, -0.1) is 0 Å². The van der Waals surface area contributed by atoms with Gasteiger partial charge in [-0.25, -0.2) is 0 Å². The van der Waals surface area contributed by atoms with E-state index >= 15 is 0 Å². The second-order valence-electron chi connectivity index (χ2n) is 7.48. The summed E-state index contributed by atoms with van der Waals surface area (Å²) in [6, 6.07) is 5.33. The number of benzene rings is 1. The fourth-order valence-electron chi connectivity index (χ4n) is 3.94. The molecule has 3 heterocycles. The second-order valence-corrected chi connectivity index (χ2v) is 7.48. The highest BCUT2D eigenvalue weighted by atomic mass is 16.5. The topological polar surface area (TPSA) is 114 Å².